The van der Waals surface area contributed by atoms with Gasteiger partial charge in [0.25, 0.3) is 0 Å². The highest BCUT2D eigenvalue weighted by atomic mass is 32.1. The van der Waals surface area contributed by atoms with Crippen LogP contribution >= 0.6 is 11.3 Å². The minimum atomic E-state index is -0.950. The Kier molecular flexibility index (Phi) is 6.88. The molecule has 0 aliphatic carbocycles. The van der Waals surface area contributed by atoms with Gasteiger partial charge in [0.2, 0.25) is 0 Å². The van der Waals surface area contributed by atoms with Crippen molar-refractivity contribution in [2.45, 2.75) is 19.9 Å². The number of aromatic nitrogens is 2. The molecule has 0 unspecified atom stereocenters. The van der Waals surface area contributed by atoms with E-state index in [2.05, 4.69) is 0 Å². The molecule has 4 aromatic rings. The van der Waals surface area contributed by atoms with E-state index >= 15 is 0 Å². The zero-order valence-electron chi connectivity index (χ0n) is 19.5. The summed E-state index contributed by atoms with van der Waals surface area (Å²) >= 11 is 1.52. The molecule has 0 fully saturated rings. The number of aromatic carboxylic acids is 1. The van der Waals surface area contributed by atoms with Crippen molar-refractivity contribution in [3.05, 3.63) is 70.7 Å². The molecule has 4 rings (SSSR count). The van der Waals surface area contributed by atoms with E-state index in [1.54, 1.807) is 27.4 Å². The Morgan fingerprint density at radius 3 is 2.38 bits per heavy atom. The van der Waals surface area contributed by atoms with Crippen molar-refractivity contribution in [1.82, 2.24) is 9.55 Å². The molecule has 7 nitrogen and oxygen atoms in total. The molecular weight excluding hydrogens is 452 g/mol. The molecule has 0 saturated carbocycles. The van der Waals surface area contributed by atoms with Crippen LogP contribution in [0.25, 0.3) is 22.0 Å². The summed E-state index contributed by atoms with van der Waals surface area (Å²) in [6.07, 6.45) is 0.692. The third kappa shape index (κ3) is 4.63. The van der Waals surface area contributed by atoms with E-state index in [1.807, 2.05) is 59.3 Å². The lowest BCUT2D eigenvalue weighted by molar-refractivity contribution is 0.0696. The summed E-state index contributed by atoms with van der Waals surface area (Å²) in [6, 6.07) is 15.2. The number of benzene rings is 2. The van der Waals surface area contributed by atoms with E-state index in [-0.39, 0.29) is 5.56 Å². The van der Waals surface area contributed by atoms with Gasteiger partial charge in [0.05, 0.1) is 38.3 Å². The highest BCUT2D eigenvalue weighted by Gasteiger charge is 2.20. The molecule has 0 radical (unpaired) electrons. The number of methoxy groups -OCH3 is 3. The molecule has 0 bridgehead atoms. The number of aryl methyl sites for hydroxylation is 1. The maximum absolute atomic E-state index is 11.9. The Morgan fingerprint density at radius 2 is 1.74 bits per heavy atom. The van der Waals surface area contributed by atoms with Gasteiger partial charge >= 0.3 is 5.97 Å². The number of carboxylic acids is 1. The van der Waals surface area contributed by atoms with Gasteiger partial charge in [0.15, 0.2) is 11.5 Å². The molecule has 1 N–H and O–H groups in total. The van der Waals surface area contributed by atoms with Crippen molar-refractivity contribution in [1.29, 1.82) is 0 Å². The summed E-state index contributed by atoms with van der Waals surface area (Å²) in [7, 11) is 4.85. The van der Waals surface area contributed by atoms with Crippen molar-refractivity contribution < 1.29 is 24.1 Å². The molecule has 0 aliphatic rings. The first-order chi connectivity index (χ1) is 16.4. The SMILES string of the molecule is COc1ccc(-c2nc(-c3cc(C(=O)O)c(C)n3CCc3ccc(OC)c(OC)c3)cs2)cc1. The number of carbonyl (C=O) groups is 1. The summed E-state index contributed by atoms with van der Waals surface area (Å²) in [5.41, 5.74) is 4.55. The lowest BCUT2D eigenvalue weighted by Crippen LogP contribution is -2.07. The lowest BCUT2D eigenvalue weighted by atomic mass is 10.1. The zero-order valence-corrected chi connectivity index (χ0v) is 20.3. The van der Waals surface area contributed by atoms with Crippen LogP contribution in [0.1, 0.15) is 21.6 Å². The van der Waals surface area contributed by atoms with Crippen LogP contribution in [0.2, 0.25) is 0 Å². The smallest absolute Gasteiger partial charge is 0.337 e. The van der Waals surface area contributed by atoms with Crippen LogP contribution < -0.4 is 14.2 Å². The Labute approximate surface area is 202 Å². The third-order valence-electron chi connectivity index (χ3n) is 5.77. The summed E-state index contributed by atoms with van der Waals surface area (Å²) < 4.78 is 18.0. The van der Waals surface area contributed by atoms with Gasteiger partial charge in [-0.2, -0.15) is 0 Å². The minimum Gasteiger partial charge on any atom is -0.497 e. The monoisotopic (exact) mass is 478 g/mol. The number of carboxylic acid groups (broad SMARTS) is 1. The quantitative estimate of drug-likeness (QED) is 0.339. The van der Waals surface area contributed by atoms with E-state index in [4.69, 9.17) is 19.2 Å². The summed E-state index contributed by atoms with van der Waals surface area (Å²) in [6.45, 7) is 2.43. The van der Waals surface area contributed by atoms with Gasteiger partial charge in [-0.25, -0.2) is 9.78 Å². The average Bonchev–Trinajstić information content (AvgIpc) is 3.47. The zero-order chi connectivity index (χ0) is 24.2. The van der Waals surface area contributed by atoms with Crippen molar-refractivity contribution >= 4 is 17.3 Å². The van der Waals surface area contributed by atoms with Crippen LogP contribution in [0, 0.1) is 6.92 Å². The fourth-order valence-corrected chi connectivity index (χ4v) is 4.72. The van der Waals surface area contributed by atoms with Crippen LogP contribution in [0.3, 0.4) is 0 Å². The van der Waals surface area contributed by atoms with Crippen LogP contribution in [-0.2, 0) is 13.0 Å². The summed E-state index contributed by atoms with van der Waals surface area (Å²) in [5.74, 6) is 1.17. The van der Waals surface area contributed by atoms with Crippen LogP contribution in [0.15, 0.2) is 53.9 Å². The molecule has 2 aromatic heterocycles. The Balaban J connectivity index is 1.65. The maximum atomic E-state index is 11.9. The van der Waals surface area contributed by atoms with Gasteiger partial charge in [-0.05, 0) is 61.4 Å². The van der Waals surface area contributed by atoms with E-state index in [1.165, 1.54) is 11.3 Å². The highest BCUT2D eigenvalue weighted by molar-refractivity contribution is 7.13. The molecule has 0 saturated heterocycles. The molecule has 0 aliphatic heterocycles. The molecule has 176 valence electrons. The predicted octanol–water partition coefficient (Wildman–Crippen LogP) is 5.55. The third-order valence-corrected chi connectivity index (χ3v) is 6.66. The predicted molar refractivity (Wildman–Crippen MR) is 132 cm³/mol. The van der Waals surface area contributed by atoms with Crippen LogP contribution in [0.5, 0.6) is 17.2 Å². The van der Waals surface area contributed by atoms with Gasteiger partial charge in [0, 0.05) is 23.2 Å². The first kappa shape index (κ1) is 23.4. The number of rotatable bonds is 9. The highest BCUT2D eigenvalue weighted by Crippen LogP contribution is 2.33. The molecule has 0 amide bonds. The maximum Gasteiger partial charge on any atom is 0.337 e. The van der Waals surface area contributed by atoms with Gasteiger partial charge in [-0.1, -0.05) is 6.07 Å². The molecule has 34 heavy (non-hydrogen) atoms. The van der Waals surface area contributed by atoms with Crippen LogP contribution in [-0.4, -0.2) is 42.0 Å². The van der Waals surface area contributed by atoms with Crippen molar-refractivity contribution in [2.24, 2.45) is 0 Å². The van der Waals surface area contributed by atoms with Crippen molar-refractivity contribution in [2.75, 3.05) is 21.3 Å². The normalized spacial score (nSPS) is 10.8. The second-order valence-electron chi connectivity index (χ2n) is 7.69. The average molecular weight is 479 g/mol. The first-order valence-corrected chi connectivity index (χ1v) is 11.6. The molecule has 0 atom stereocenters. The number of ether oxygens (including phenoxy) is 3. The second kappa shape index (κ2) is 10.0. The summed E-state index contributed by atoms with van der Waals surface area (Å²) in [4.78, 5) is 16.7. The number of nitrogens with zero attached hydrogens (tertiary/aromatic N) is 2. The fourth-order valence-electron chi connectivity index (χ4n) is 3.90. The Bertz CT molecular complexity index is 1310. The number of hydrogen-bond acceptors (Lipinski definition) is 6. The molecule has 2 heterocycles. The van der Waals surface area contributed by atoms with Gasteiger partial charge in [-0.15, -0.1) is 11.3 Å². The van der Waals surface area contributed by atoms with E-state index in [0.717, 1.165) is 33.3 Å². The standard InChI is InChI=1S/C26H26N2O5S/c1-16-20(26(29)30)14-22(21-15-34-25(27-21)18-6-8-19(31-2)9-7-18)28(16)12-11-17-5-10-23(32-3)24(13-17)33-4/h5-10,13-15H,11-12H2,1-4H3,(H,29,30). The molecule has 0 spiro atoms. The van der Waals surface area contributed by atoms with Gasteiger partial charge in [-0.3, -0.25) is 0 Å². The lowest BCUT2D eigenvalue weighted by Gasteiger charge is -2.13. The largest absolute Gasteiger partial charge is 0.497 e. The number of thiazole rings is 1. The summed E-state index contributed by atoms with van der Waals surface area (Å²) in [5, 5.41) is 12.5. The molecule has 2 aromatic carbocycles. The fraction of sp³-hybridized carbons (Fsp3) is 0.231. The van der Waals surface area contributed by atoms with Gasteiger partial charge < -0.3 is 23.9 Å². The first-order valence-electron chi connectivity index (χ1n) is 10.7. The van der Waals surface area contributed by atoms with Crippen molar-refractivity contribution in [3.63, 3.8) is 0 Å². The van der Waals surface area contributed by atoms with Gasteiger partial charge in [0.1, 0.15) is 10.8 Å². The van der Waals surface area contributed by atoms with E-state index in [9.17, 15) is 9.90 Å². The number of hydrogen-bond donors (Lipinski definition) is 1. The molecule has 8 heteroatoms. The van der Waals surface area contributed by atoms with Crippen molar-refractivity contribution in [3.8, 4) is 39.2 Å². The topological polar surface area (TPSA) is 82.8 Å². The van der Waals surface area contributed by atoms with E-state index in [0.29, 0.717) is 30.2 Å². The Hall–Kier alpha value is -3.78. The minimum absolute atomic E-state index is 0.279. The second-order valence-corrected chi connectivity index (χ2v) is 8.55. The molecular formula is C26H26N2O5S. The van der Waals surface area contributed by atoms with E-state index < -0.39 is 5.97 Å². The Morgan fingerprint density at radius 1 is 1.00 bits per heavy atom. The van der Waals surface area contributed by atoms with Crippen LogP contribution in [0.4, 0.5) is 0 Å².